The molecule has 0 bridgehead atoms. The predicted octanol–water partition coefficient (Wildman–Crippen LogP) is 4.61. The van der Waals surface area contributed by atoms with E-state index in [1.807, 2.05) is 60.7 Å². The fourth-order valence-corrected chi connectivity index (χ4v) is 4.20. The number of carbonyl (C=O) groups excluding carboxylic acids is 1. The van der Waals surface area contributed by atoms with Gasteiger partial charge in [0.15, 0.2) is 0 Å². The van der Waals surface area contributed by atoms with Crippen LogP contribution in [0.25, 0.3) is 0 Å². The van der Waals surface area contributed by atoms with Gasteiger partial charge in [-0.2, -0.15) is 0 Å². The van der Waals surface area contributed by atoms with Crippen molar-refractivity contribution in [2.75, 3.05) is 11.4 Å². The second kappa shape index (κ2) is 9.74. The van der Waals surface area contributed by atoms with E-state index < -0.39 is 16.9 Å². The molecular weight excluding hydrogens is 442 g/mol. The Hall–Kier alpha value is -3.86. The molecule has 1 N–H and O–H groups in total. The third-order valence-corrected chi connectivity index (χ3v) is 5.86. The van der Waals surface area contributed by atoms with Crippen LogP contribution in [0.1, 0.15) is 21.5 Å². The number of carbonyl (C=O) groups is 1. The van der Waals surface area contributed by atoms with Crippen LogP contribution in [0.3, 0.4) is 0 Å². The summed E-state index contributed by atoms with van der Waals surface area (Å²) in [4.78, 5) is 27.7. The number of nitro benzene ring substituents is 1. The summed E-state index contributed by atoms with van der Waals surface area (Å²) in [5, 5.41) is 20.5. The van der Waals surface area contributed by atoms with Gasteiger partial charge in [0.2, 0.25) is 0 Å². The zero-order valence-corrected chi connectivity index (χ0v) is 18.3. The van der Waals surface area contributed by atoms with Gasteiger partial charge in [0.25, 0.3) is 11.6 Å². The first-order chi connectivity index (χ1) is 16.0. The Balaban J connectivity index is 1.73. The number of aliphatic hydroxyl groups is 1. The van der Waals surface area contributed by atoms with Gasteiger partial charge in [-0.3, -0.25) is 19.8 Å². The largest absolute Gasteiger partial charge is 0.462 e. The van der Waals surface area contributed by atoms with Gasteiger partial charge in [0.05, 0.1) is 28.1 Å². The van der Waals surface area contributed by atoms with Gasteiger partial charge >= 0.3 is 0 Å². The number of rotatable bonds is 4. The Bertz CT molecular complexity index is 1250. The number of fused-ring (bicyclic) bond motifs is 1. The number of nitro groups is 1. The highest BCUT2D eigenvalue weighted by atomic mass is 35.5. The Morgan fingerprint density at radius 1 is 1.12 bits per heavy atom. The van der Waals surface area contributed by atoms with Crippen LogP contribution in [0.5, 0.6) is 0 Å². The van der Waals surface area contributed by atoms with E-state index >= 15 is 0 Å². The summed E-state index contributed by atoms with van der Waals surface area (Å²) in [6.07, 6.45) is 2.01. The molecule has 3 aromatic rings. The summed E-state index contributed by atoms with van der Waals surface area (Å²) >= 11 is 6.26. The molecule has 33 heavy (non-hydrogen) atoms. The zero-order valence-electron chi connectivity index (χ0n) is 17.5. The van der Waals surface area contributed by atoms with Crippen molar-refractivity contribution in [1.82, 2.24) is 4.90 Å². The molecule has 0 saturated heterocycles. The van der Waals surface area contributed by atoms with Crippen LogP contribution in [0, 0.1) is 22.1 Å². The van der Waals surface area contributed by atoms with E-state index in [0.29, 0.717) is 18.8 Å². The quantitative estimate of drug-likeness (QED) is 0.348. The molecule has 8 heteroatoms. The highest BCUT2D eigenvalue weighted by molar-refractivity contribution is 6.34. The van der Waals surface area contributed by atoms with Gasteiger partial charge in [-0.25, -0.2) is 0 Å². The average Bonchev–Trinajstić information content (AvgIpc) is 2.96. The third-order valence-electron chi connectivity index (χ3n) is 5.55. The smallest absolute Gasteiger partial charge is 0.270 e. The first-order valence-electron chi connectivity index (χ1n) is 10.2. The van der Waals surface area contributed by atoms with Crippen LogP contribution in [-0.4, -0.2) is 33.4 Å². The maximum Gasteiger partial charge on any atom is 0.270 e. The lowest BCUT2D eigenvalue weighted by molar-refractivity contribution is -0.384. The molecule has 1 atom stereocenters. The minimum Gasteiger partial charge on any atom is -0.462 e. The van der Waals surface area contributed by atoms with Gasteiger partial charge in [0.1, 0.15) is 6.11 Å². The molecule has 0 saturated carbocycles. The molecule has 3 aromatic carbocycles. The predicted molar refractivity (Wildman–Crippen MR) is 125 cm³/mol. The molecule has 0 aliphatic carbocycles. The number of anilines is 1. The number of amides is 1. The number of halogens is 1. The molecule has 1 amide bonds. The maximum absolute atomic E-state index is 13.6. The van der Waals surface area contributed by atoms with Crippen LogP contribution in [-0.2, 0) is 13.1 Å². The van der Waals surface area contributed by atoms with E-state index in [9.17, 15) is 20.0 Å². The maximum atomic E-state index is 13.6. The molecular formula is C25H20ClN3O4. The van der Waals surface area contributed by atoms with Crippen LogP contribution >= 0.6 is 11.6 Å². The van der Waals surface area contributed by atoms with Gasteiger partial charge in [-0.05, 0) is 29.2 Å². The van der Waals surface area contributed by atoms with Crippen molar-refractivity contribution >= 4 is 28.9 Å². The lowest BCUT2D eigenvalue weighted by Crippen LogP contribution is -2.42. The Morgan fingerprint density at radius 2 is 1.85 bits per heavy atom. The first-order valence-corrected chi connectivity index (χ1v) is 10.6. The van der Waals surface area contributed by atoms with E-state index in [2.05, 4.69) is 10.8 Å². The Morgan fingerprint density at radius 3 is 2.55 bits per heavy atom. The number of aliphatic hydroxyl groups excluding tert-OH is 1. The number of benzene rings is 3. The number of non-ortho nitro benzene ring substituents is 1. The molecule has 0 fully saturated rings. The number of hydrogen-bond donors (Lipinski definition) is 1. The summed E-state index contributed by atoms with van der Waals surface area (Å²) in [5.41, 5.74) is 2.67. The van der Waals surface area contributed by atoms with Crippen molar-refractivity contribution in [3.05, 3.63) is 105 Å². The molecule has 1 aliphatic rings. The SMILES string of the molecule is O=C(c1ccc([N+](=O)[O-])cc1Cl)N1C[C@@H](C#CO)N(Cc2ccccc2)Cc2ccccc21. The van der Waals surface area contributed by atoms with Crippen LogP contribution in [0.4, 0.5) is 11.4 Å². The standard InChI is InChI=1S/C25H20ClN3O4/c26-23-14-20(29(32)33)10-11-22(23)25(31)28-17-21(12-13-30)27(15-18-6-2-1-3-7-18)16-19-8-4-5-9-24(19)28/h1-11,14,21,30H,15-17H2/t21-/m1/s1. The minimum absolute atomic E-state index is 0.00172. The second-order valence-electron chi connectivity index (χ2n) is 7.63. The van der Waals surface area contributed by atoms with Crippen LogP contribution < -0.4 is 4.90 Å². The highest BCUT2D eigenvalue weighted by Gasteiger charge is 2.31. The van der Waals surface area contributed by atoms with Gasteiger partial charge in [0, 0.05) is 30.9 Å². The molecule has 1 heterocycles. The fourth-order valence-electron chi connectivity index (χ4n) is 3.95. The van der Waals surface area contributed by atoms with E-state index in [1.165, 1.54) is 18.2 Å². The van der Waals surface area contributed by atoms with E-state index in [1.54, 1.807) is 4.90 Å². The van der Waals surface area contributed by atoms with E-state index in [0.717, 1.165) is 11.1 Å². The summed E-state index contributed by atoms with van der Waals surface area (Å²) in [6, 6.07) is 20.8. The van der Waals surface area contributed by atoms with Gasteiger partial charge in [-0.1, -0.05) is 60.1 Å². The van der Waals surface area contributed by atoms with E-state index in [4.69, 9.17) is 11.6 Å². The lowest BCUT2D eigenvalue weighted by Gasteiger charge is -2.28. The number of nitrogens with zero attached hydrogens (tertiary/aromatic N) is 3. The summed E-state index contributed by atoms with van der Waals surface area (Å²) in [6.45, 7) is 1.28. The first kappa shape index (κ1) is 22.3. The van der Waals surface area contributed by atoms with Crippen molar-refractivity contribution in [1.29, 1.82) is 0 Å². The van der Waals surface area contributed by atoms with Crippen LogP contribution in [0.2, 0.25) is 5.02 Å². The molecule has 0 aromatic heterocycles. The summed E-state index contributed by atoms with van der Waals surface area (Å²) in [5.74, 6) is 2.43. The summed E-state index contributed by atoms with van der Waals surface area (Å²) in [7, 11) is 0. The lowest BCUT2D eigenvalue weighted by atomic mass is 10.1. The van der Waals surface area contributed by atoms with Crippen molar-refractivity contribution in [2.45, 2.75) is 19.1 Å². The van der Waals surface area contributed by atoms with Crippen molar-refractivity contribution < 1.29 is 14.8 Å². The fraction of sp³-hybridized carbons (Fsp3) is 0.160. The number of para-hydroxylation sites is 1. The second-order valence-corrected chi connectivity index (χ2v) is 8.04. The highest BCUT2D eigenvalue weighted by Crippen LogP contribution is 2.31. The van der Waals surface area contributed by atoms with Gasteiger partial charge < -0.3 is 10.0 Å². The topological polar surface area (TPSA) is 86.9 Å². The van der Waals surface area contributed by atoms with Crippen molar-refractivity contribution in [3.63, 3.8) is 0 Å². The molecule has 1 aliphatic heterocycles. The molecule has 4 rings (SSSR count). The minimum atomic E-state index is -0.560. The average molecular weight is 462 g/mol. The molecule has 0 spiro atoms. The molecule has 166 valence electrons. The van der Waals surface area contributed by atoms with E-state index in [-0.39, 0.29) is 22.8 Å². The number of hydrogen-bond acceptors (Lipinski definition) is 5. The van der Waals surface area contributed by atoms with Gasteiger partial charge in [-0.15, -0.1) is 0 Å². The molecule has 0 radical (unpaired) electrons. The third kappa shape index (κ3) is 4.82. The monoisotopic (exact) mass is 461 g/mol. The van der Waals surface area contributed by atoms with Crippen molar-refractivity contribution in [2.24, 2.45) is 0 Å². The zero-order chi connectivity index (χ0) is 23.4. The molecule has 7 nitrogen and oxygen atoms in total. The van der Waals surface area contributed by atoms with Crippen LogP contribution in [0.15, 0.2) is 72.8 Å². The Kier molecular flexibility index (Phi) is 6.59. The summed E-state index contributed by atoms with van der Waals surface area (Å²) < 4.78 is 0. The van der Waals surface area contributed by atoms with Crippen molar-refractivity contribution in [3.8, 4) is 12.0 Å². The normalized spacial score (nSPS) is 15.7. The molecule has 0 unspecified atom stereocenters. The Labute approximate surface area is 196 Å².